The largest absolute Gasteiger partial charge is 0.491 e. The Morgan fingerprint density at radius 1 is 1.14 bits per heavy atom. The Hall–Kier alpha value is -2.80. The lowest BCUT2D eigenvalue weighted by Gasteiger charge is -2.15. The van der Waals surface area contributed by atoms with Crippen molar-refractivity contribution in [1.82, 2.24) is 15.6 Å². The molecule has 0 unspecified atom stereocenters. The van der Waals surface area contributed by atoms with E-state index in [2.05, 4.69) is 53.7 Å². The molecule has 1 heterocycles. The molecule has 0 fully saturated rings. The fourth-order valence-electron chi connectivity index (χ4n) is 2.67. The first-order valence-electron chi connectivity index (χ1n) is 9.89. The van der Waals surface area contributed by atoms with E-state index in [0.29, 0.717) is 26.3 Å². The molecule has 0 spiro atoms. The smallest absolute Gasteiger partial charge is 0.191 e. The molecule has 0 aliphatic carbocycles. The Bertz CT molecular complexity index is 793. The number of rotatable bonds is 10. The molecule has 0 atom stereocenters. The predicted molar refractivity (Wildman–Crippen MR) is 119 cm³/mol. The summed E-state index contributed by atoms with van der Waals surface area (Å²) in [6.45, 7) is 7.18. The van der Waals surface area contributed by atoms with Crippen LogP contribution in [0.1, 0.15) is 23.6 Å². The van der Waals surface area contributed by atoms with Crippen molar-refractivity contribution >= 4 is 11.8 Å². The molecule has 0 aliphatic rings. The number of guanidine groups is 1. The molecule has 0 radical (unpaired) electrons. The molecule has 0 saturated carbocycles. The van der Waals surface area contributed by atoms with Crippen molar-refractivity contribution in [2.75, 3.05) is 45.9 Å². The Morgan fingerprint density at radius 3 is 2.69 bits per heavy atom. The fraction of sp³-hybridized carbons (Fsp3) is 0.455. The Kier molecular flexibility index (Phi) is 9.24. The van der Waals surface area contributed by atoms with Gasteiger partial charge < -0.3 is 25.0 Å². The number of hydrogen-bond acceptors (Lipinski definition) is 5. The molecule has 0 bridgehead atoms. The first-order chi connectivity index (χ1) is 14.0. The van der Waals surface area contributed by atoms with Gasteiger partial charge in [-0.3, -0.25) is 0 Å². The number of pyridine rings is 1. The van der Waals surface area contributed by atoms with Crippen LogP contribution in [0.25, 0.3) is 0 Å². The average molecular weight is 400 g/mol. The molecule has 7 nitrogen and oxygen atoms in total. The number of hydrogen-bond donors (Lipinski definition) is 2. The Labute approximate surface area is 174 Å². The number of ether oxygens (including phenoxy) is 2. The lowest BCUT2D eigenvalue weighted by molar-refractivity contribution is 0.145. The monoisotopic (exact) mass is 399 g/mol. The second-order valence-corrected chi connectivity index (χ2v) is 6.92. The molecule has 7 heteroatoms. The summed E-state index contributed by atoms with van der Waals surface area (Å²) in [5.74, 6) is 2.56. The molecule has 0 saturated heterocycles. The third-order valence-electron chi connectivity index (χ3n) is 4.25. The quantitative estimate of drug-likeness (QED) is 0.364. The van der Waals surface area contributed by atoms with E-state index < -0.39 is 0 Å². The van der Waals surface area contributed by atoms with Crippen LogP contribution in [0.15, 0.2) is 41.5 Å². The van der Waals surface area contributed by atoms with Gasteiger partial charge in [-0.1, -0.05) is 12.1 Å². The summed E-state index contributed by atoms with van der Waals surface area (Å²) >= 11 is 0. The van der Waals surface area contributed by atoms with E-state index in [0.717, 1.165) is 40.8 Å². The third-order valence-corrected chi connectivity index (χ3v) is 4.25. The van der Waals surface area contributed by atoms with Crippen LogP contribution < -0.4 is 20.3 Å². The molecule has 2 rings (SSSR count). The van der Waals surface area contributed by atoms with Crippen molar-refractivity contribution in [3.05, 3.63) is 53.2 Å². The predicted octanol–water partition coefficient (Wildman–Crippen LogP) is 2.74. The number of anilines is 1. The third kappa shape index (κ3) is 7.62. The zero-order valence-electron chi connectivity index (χ0n) is 18.2. The minimum Gasteiger partial charge on any atom is -0.491 e. The van der Waals surface area contributed by atoms with Crippen LogP contribution in [0.4, 0.5) is 5.82 Å². The molecule has 1 aromatic heterocycles. The lowest BCUT2D eigenvalue weighted by atomic mass is 10.1. The number of aromatic nitrogens is 1. The summed E-state index contributed by atoms with van der Waals surface area (Å²) in [6.07, 6.45) is 1.82. The van der Waals surface area contributed by atoms with Gasteiger partial charge >= 0.3 is 0 Å². The SMILES string of the molecule is CCNC(=NCc1ccnc(N(C)C)c1)NCc1ccc(C)cc1OCCOC. The van der Waals surface area contributed by atoms with E-state index in [1.807, 2.05) is 31.3 Å². The second kappa shape index (κ2) is 11.9. The first kappa shape index (κ1) is 22.5. The second-order valence-electron chi connectivity index (χ2n) is 6.92. The van der Waals surface area contributed by atoms with Gasteiger partial charge in [0.1, 0.15) is 18.2 Å². The molecule has 1 aromatic carbocycles. The van der Waals surface area contributed by atoms with Crippen LogP contribution in [0.3, 0.4) is 0 Å². The topological polar surface area (TPSA) is 71.0 Å². The molecule has 2 aromatic rings. The van der Waals surface area contributed by atoms with Crippen LogP contribution in [0.2, 0.25) is 0 Å². The van der Waals surface area contributed by atoms with Crippen molar-refractivity contribution in [2.45, 2.75) is 26.9 Å². The lowest BCUT2D eigenvalue weighted by Crippen LogP contribution is -2.36. The van der Waals surface area contributed by atoms with Crippen molar-refractivity contribution in [3.8, 4) is 5.75 Å². The highest BCUT2D eigenvalue weighted by Crippen LogP contribution is 2.20. The van der Waals surface area contributed by atoms with Crippen molar-refractivity contribution in [3.63, 3.8) is 0 Å². The molecule has 2 N–H and O–H groups in total. The van der Waals surface area contributed by atoms with Gasteiger partial charge in [0.2, 0.25) is 0 Å². The summed E-state index contributed by atoms with van der Waals surface area (Å²) in [5, 5.41) is 6.69. The van der Waals surface area contributed by atoms with Gasteiger partial charge in [-0.25, -0.2) is 9.98 Å². The molecule has 0 amide bonds. The van der Waals surface area contributed by atoms with Crippen LogP contribution in [-0.2, 0) is 17.8 Å². The van der Waals surface area contributed by atoms with Crippen LogP contribution >= 0.6 is 0 Å². The molecule has 158 valence electrons. The van der Waals surface area contributed by atoms with E-state index in [9.17, 15) is 0 Å². The van der Waals surface area contributed by atoms with E-state index in [1.165, 1.54) is 0 Å². The van der Waals surface area contributed by atoms with Crippen LogP contribution in [0.5, 0.6) is 5.75 Å². The van der Waals surface area contributed by atoms with Gasteiger partial charge in [-0.2, -0.15) is 0 Å². The minimum absolute atomic E-state index is 0.525. The summed E-state index contributed by atoms with van der Waals surface area (Å²) in [5.41, 5.74) is 3.35. The van der Waals surface area contributed by atoms with E-state index in [-0.39, 0.29) is 0 Å². The highest BCUT2D eigenvalue weighted by Gasteiger charge is 2.06. The van der Waals surface area contributed by atoms with E-state index >= 15 is 0 Å². The first-order valence-corrected chi connectivity index (χ1v) is 9.89. The maximum Gasteiger partial charge on any atom is 0.191 e. The highest BCUT2D eigenvalue weighted by molar-refractivity contribution is 5.79. The molecular formula is C22H33N5O2. The standard InChI is InChI=1S/C22H33N5O2/c1-6-23-22(25-15-18-9-10-24-21(14-18)27(3)4)26-16-19-8-7-17(2)13-20(19)29-12-11-28-5/h7-10,13-14H,6,11-12,15-16H2,1-5H3,(H2,23,25,26). The van der Waals surface area contributed by atoms with E-state index in [4.69, 9.17) is 14.5 Å². The van der Waals surface area contributed by atoms with Gasteiger partial charge in [0.15, 0.2) is 5.96 Å². The van der Waals surface area contributed by atoms with E-state index in [1.54, 1.807) is 7.11 Å². The maximum atomic E-state index is 5.88. The number of nitrogens with one attached hydrogen (secondary N) is 2. The molecule has 0 aliphatic heterocycles. The number of benzene rings is 1. The van der Waals surface area contributed by atoms with Gasteiger partial charge in [0.25, 0.3) is 0 Å². The molecule has 29 heavy (non-hydrogen) atoms. The van der Waals surface area contributed by atoms with Crippen molar-refractivity contribution in [1.29, 1.82) is 0 Å². The zero-order valence-corrected chi connectivity index (χ0v) is 18.2. The zero-order chi connectivity index (χ0) is 21.1. The summed E-state index contributed by atoms with van der Waals surface area (Å²) in [7, 11) is 5.63. The maximum absolute atomic E-state index is 5.88. The summed E-state index contributed by atoms with van der Waals surface area (Å²) < 4.78 is 11.0. The van der Waals surface area contributed by atoms with Crippen molar-refractivity contribution in [2.24, 2.45) is 4.99 Å². The normalized spacial score (nSPS) is 11.3. The Balaban J connectivity index is 2.05. The number of aryl methyl sites for hydroxylation is 1. The summed E-state index contributed by atoms with van der Waals surface area (Å²) in [6, 6.07) is 10.3. The summed E-state index contributed by atoms with van der Waals surface area (Å²) in [4.78, 5) is 11.0. The average Bonchev–Trinajstić information content (AvgIpc) is 2.71. The fourth-order valence-corrected chi connectivity index (χ4v) is 2.67. The van der Waals surface area contributed by atoms with Gasteiger partial charge in [0.05, 0.1) is 13.2 Å². The number of methoxy groups -OCH3 is 1. The van der Waals surface area contributed by atoms with Gasteiger partial charge in [-0.15, -0.1) is 0 Å². The van der Waals surface area contributed by atoms with Crippen LogP contribution in [0, 0.1) is 6.92 Å². The van der Waals surface area contributed by atoms with Gasteiger partial charge in [-0.05, 0) is 43.2 Å². The number of nitrogens with zero attached hydrogens (tertiary/aromatic N) is 3. The Morgan fingerprint density at radius 2 is 1.97 bits per heavy atom. The number of aliphatic imine (C=N–C) groups is 1. The van der Waals surface area contributed by atoms with Crippen molar-refractivity contribution < 1.29 is 9.47 Å². The van der Waals surface area contributed by atoms with Gasteiger partial charge in [0, 0.05) is 46.1 Å². The van der Waals surface area contributed by atoms with Crippen LogP contribution in [-0.4, -0.2) is 51.9 Å². The highest BCUT2D eigenvalue weighted by atomic mass is 16.5. The minimum atomic E-state index is 0.525. The molecular weight excluding hydrogens is 366 g/mol.